The van der Waals surface area contributed by atoms with E-state index in [1.165, 1.54) is 95.1 Å². The van der Waals surface area contributed by atoms with Gasteiger partial charge in [-0.15, -0.1) is 0 Å². The number of rotatable bonds is 12. The number of nitrogens with one attached hydrogen (secondary N) is 3. The molecule has 2 saturated heterocycles. The van der Waals surface area contributed by atoms with Crippen LogP contribution in [0.2, 0.25) is 0 Å². The van der Waals surface area contributed by atoms with E-state index in [0.717, 1.165) is 0 Å². The Morgan fingerprint density at radius 2 is 1.23 bits per heavy atom. The summed E-state index contributed by atoms with van der Waals surface area (Å²) < 4.78 is 34.7. The molecule has 4 aliphatic rings. The molecular weight excluding hydrogens is 1040 g/mol. The highest BCUT2D eigenvalue weighted by Gasteiger charge is 2.45. The number of nitrogens with zero attached hydrogens (tertiary/aromatic N) is 3. The summed E-state index contributed by atoms with van der Waals surface area (Å²) in [7, 11) is 7.04. The first-order valence-electron chi connectivity index (χ1n) is 25.9. The second-order valence-electron chi connectivity index (χ2n) is 20.1. The molecule has 13 atom stereocenters. The van der Waals surface area contributed by atoms with Crippen molar-refractivity contribution in [2.24, 2.45) is 0 Å². The number of fused-ring (bicyclic) bond motifs is 2. The molecule has 2 fully saturated rings. The third-order valence-electron chi connectivity index (χ3n) is 14.6. The average molecular weight is 1120 g/mol. The maximum absolute atomic E-state index is 15.0. The number of aliphatic hydroxyl groups excluding tert-OH is 6. The molecule has 4 aromatic carbocycles. The second-order valence-corrected chi connectivity index (χ2v) is 20.1. The first-order chi connectivity index (χ1) is 38.1. The fourth-order valence-electron chi connectivity index (χ4n) is 9.60. The molecule has 9 N–H and O–H groups in total. The van der Waals surface area contributed by atoms with Crippen molar-refractivity contribution < 1.29 is 87.8 Å². The van der Waals surface area contributed by atoms with Gasteiger partial charge in [-0.25, -0.2) is 0 Å². The van der Waals surface area contributed by atoms with E-state index in [9.17, 15) is 54.6 Å². The molecule has 2 unspecified atom stereocenters. The van der Waals surface area contributed by atoms with Gasteiger partial charge in [-0.2, -0.15) is 0 Å². The van der Waals surface area contributed by atoms with Crippen molar-refractivity contribution >= 4 is 35.4 Å². The number of benzene rings is 4. The Morgan fingerprint density at radius 1 is 0.625 bits per heavy atom. The summed E-state index contributed by atoms with van der Waals surface area (Å²) in [5, 5.41) is 71.1. The molecule has 0 spiro atoms. The van der Waals surface area contributed by atoms with Crippen LogP contribution in [0.5, 0.6) is 34.5 Å². The van der Waals surface area contributed by atoms with Gasteiger partial charge in [0.2, 0.25) is 41.7 Å². The molecule has 0 aliphatic carbocycles. The van der Waals surface area contributed by atoms with E-state index in [1.54, 1.807) is 60.7 Å². The molecule has 0 radical (unpaired) electrons. The normalized spacial score (nSPS) is 27.1. The topological polar surface area (TPSA) is 325 Å². The van der Waals surface area contributed by atoms with Crippen LogP contribution in [0.3, 0.4) is 0 Å². The van der Waals surface area contributed by atoms with Gasteiger partial charge in [0.1, 0.15) is 78.3 Å². The van der Waals surface area contributed by atoms with Crippen LogP contribution in [0.1, 0.15) is 49.1 Å². The third-order valence-corrected chi connectivity index (χ3v) is 14.6. The number of hydrogen-bond donors (Lipinski definition) is 9. The highest BCUT2D eigenvalue weighted by atomic mass is 16.7. The smallest absolute Gasteiger partial charge is 0.246 e. The summed E-state index contributed by atoms with van der Waals surface area (Å²) in [6.07, 6.45) is -11.0. The van der Waals surface area contributed by atoms with Crippen molar-refractivity contribution in [2.75, 3.05) is 48.6 Å². The van der Waals surface area contributed by atoms with Gasteiger partial charge in [-0.1, -0.05) is 36.4 Å². The van der Waals surface area contributed by atoms with Gasteiger partial charge in [-0.05, 0) is 91.6 Å². The molecule has 24 heteroatoms. The van der Waals surface area contributed by atoms with Crippen molar-refractivity contribution in [1.29, 1.82) is 0 Å². The zero-order valence-corrected chi connectivity index (χ0v) is 45.5. The number of carbonyl (C=O) groups excluding carboxylic acids is 6. The third kappa shape index (κ3) is 13.5. The zero-order chi connectivity index (χ0) is 58.3. The van der Waals surface area contributed by atoms with Gasteiger partial charge in [-0.3, -0.25) is 28.8 Å². The first kappa shape index (κ1) is 60.1. The van der Waals surface area contributed by atoms with Gasteiger partial charge in [0.25, 0.3) is 0 Å². The van der Waals surface area contributed by atoms with Crippen LogP contribution in [0, 0.1) is 0 Å². The Morgan fingerprint density at radius 3 is 1.86 bits per heavy atom. The molecular formula is C56H70N6O18. The summed E-state index contributed by atoms with van der Waals surface area (Å²) in [4.78, 5) is 89.8. The van der Waals surface area contributed by atoms with Gasteiger partial charge in [0, 0.05) is 40.4 Å². The van der Waals surface area contributed by atoms with E-state index in [2.05, 4.69) is 16.0 Å². The Labute approximate surface area is 462 Å². The largest absolute Gasteiger partial charge is 0.497 e. The predicted octanol–water partition coefficient (Wildman–Crippen LogP) is -0.502. The van der Waals surface area contributed by atoms with Crippen LogP contribution >= 0.6 is 0 Å². The summed E-state index contributed by atoms with van der Waals surface area (Å²) in [6.45, 7) is 2.89. The molecule has 4 heterocycles. The molecule has 4 aromatic rings. The van der Waals surface area contributed by atoms with E-state index in [4.69, 9.17) is 28.4 Å². The Balaban J connectivity index is 1.20. The van der Waals surface area contributed by atoms with Gasteiger partial charge >= 0.3 is 0 Å². The van der Waals surface area contributed by atoms with Crippen LogP contribution in [-0.4, -0.2) is 202 Å². The summed E-state index contributed by atoms with van der Waals surface area (Å²) >= 11 is 0. The van der Waals surface area contributed by atoms with E-state index >= 15 is 4.79 Å². The fourth-order valence-corrected chi connectivity index (χ4v) is 9.60. The van der Waals surface area contributed by atoms with E-state index in [0.29, 0.717) is 22.4 Å². The van der Waals surface area contributed by atoms with Crippen LogP contribution in [0.15, 0.2) is 84.9 Å². The average Bonchev–Trinajstić information content (AvgIpc) is 3.52. The SMILES string of the molecule is COc1ccc(C[C@H]2C(=O)N[C@@H](C)C(=O)N(C)[C@H]3Cc4ccc(cc4)Oc4cc(ccc4OC(CO)C(O)c4ccc(O[C@@H]5O[C@H](CO)[C@@H](O)[C@H](O)[C@H]5O)c(OC)c4)C[C@@H](C(=O)N[C@H](C)C(=O)N[C@@H](C)C(=O)N2C)N(C)C3=O)cc1. The summed E-state index contributed by atoms with van der Waals surface area (Å²) in [5.41, 5.74) is 1.81. The molecule has 0 saturated carbocycles. The first-order valence-corrected chi connectivity index (χ1v) is 25.9. The molecule has 0 aromatic heterocycles. The Kier molecular flexibility index (Phi) is 19.6. The lowest BCUT2D eigenvalue weighted by molar-refractivity contribution is -0.277. The number of methoxy groups -OCH3 is 2. The highest BCUT2D eigenvalue weighted by molar-refractivity contribution is 5.98. The number of ether oxygens (including phenoxy) is 6. The van der Waals surface area contributed by atoms with Crippen LogP contribution in [0.25, 0.3) is 0 Å². The lowest BCUT2D eigenvalue weighted by atomic mass is 9.98. The lowest BCUT2D eigenvalue weighted by Gasteiger charge is -2.39. The minimum Gasteiger partial charge on any atom is -0.497 e. The molecule has 8 rings (SSSR count). The van der Waals surface area contributed by atoms with Crippen molar-refractivity contribution in [3.05, 3.63) is 107 Å². The zero-order valence-electron chi connectivity index (χ0n) is 45.5. The quantitative estimate of drug-likeness (QED) is 0.0864. The van der Waals surface area contributed by atoms with Crippen molar-refractivity contribution in [3.63, 3.8) is 0 Å². The Hall–Kier alpha value is -7.58. The van der Waals surface area contributed by atoms with Crippen molar-refractivity contribution in [3.8, 4) is 34.5 Å². The number of amides is 6. The lowest BCUT2D eigenvalue weighted by Crippen LogP contribution is -2.61. The fraction of sp³-hybridized carbons (Fsp3) is 0.464. The molecule has 24 nitrogen and oxygen atoms in total. The van der Waals surface area contributed by atoms with Crippen molar-refractivity contribution in [1.82, 2.24) is 30.7 Å². The minimum atomic E-state index is -1.72. The molecule has 6 amide bonds. The van der Waals surface area contributed by atoms with Crippen LogP contribution in [0.4, 0.5) is 0 Å². The summed E-state index contributed by atoms with van der Waals surface area (Å²) in [5.74, 6) is -3.16. The minimum absolute atomic E-state index is 0.00987. The number of aliphatic hydroxyl groups is 6. The van der Waals surface area contributed by atoms with E-state index in [-0.39, 0.29) is 53.6 Å². The van der Waals surface area contributed by atoms with Crippen LogP contribution in [-0.2, 0) is 52.8 Å². The molecule has 432 valence electrons. The number of carbonyl (C=O) groups is 6. The standard InChI is InChI=1S/C56H70N6O18/c1-28-50(69)58-29(2)53(72)60(4)37(21-31-9-15-35(75-7)16-10-31)52(71)59-30(3)54(73)62(6)39-22-32-11-17-36(18-12-32)77-43-24-33(23-38(51(70)57-28)61(5)55(39)74)13-19-41(43)78-44(26-63)46(65)34-14-20-40(42(25-34)76-8)79-56-49(68)48(67)47(66)45(27-64)80-56/h9-20,24-25,28-30,37-39,44-49,56,63-68H,21-23,26-27H2,1-8H3,(H,57,70)(H,58,69)(H,59,71)/t28-,29+,30+,37+,38+,39+,44?,45-,46?,47-,48+,49-,56-/m1/s1. The van der Waals surface area contributed by atoms with Gasteiger partial charge < -0.3 is 89.7 Å². The molecule has 6 bridgehead atoms. The second kappa shape index (κ2) is 26.1. The van der Waals surface area contributed by atoms with E-state index in [1.807, 2.05) is 0 Å². The monoisotopic (exact) mass is 1110 g/mol. The van der Waals surface area contributed by atoms with Gasteiger partial charge in [0.15, 0.2) is 29.1 Å². The Bertz CT molecular complexity index is 2860. The highest BCUT2D eigenvalue weighted by Crippen LogP contribution is 2.38. The van der Waals surface area contributed by atoms with Gasteiger partial charge in [0.05, 0.1) is 27.4 Å². The molecule has 4 aliphatic heterocycles. The molecule has 80 heavy (non-hydrogen) atoms. The van der Waals surface area contributed by atoms with Crippen molar-refractivity contribution in [2.45, 2.75) is 119 Å². The van der Waals surface area contributed by atoms with E-state index < -0.39 is 128 Å². The number of likely N-dealkylation sites (N-methyl/N-ethyl adjacent to an activating group) is 3. The number of hydrogen-bond acceptors (Lipinski definition) is 18. The predicted molar refractivity (Wildman–Crippen MR) is 283 cm³/mol. The summed E-state index contributed by atoms with van der Waals surface area (Å²) in [6, 6.07) is 14.8. The maximum Gasteiger partial charge on any atom is 0.246 e. The van der Waals surface area contributed by atoms with Crippen LogP contribution < -0.4 is 39.6 Å². The maximum atomic E-state index is 15.0.